The number of para-hydroxylation sites is 1. The van der Waals surface area contributed by atoms with Crippen LogP contribution in [0.1, 0.15) is 34.0 Å². The fourth-order valence-corrected chi connectivity index (χ4v) is 5.29. The summed E-state index contributed by atoms with van der Waals surface area (Å²) in [6, 6.07) is 7.98. The number of rotatable bonds is 2. The van der Waals surface area contributed by atoms with Crippen LogP contribution in [0.25, 0.3) is 0 Å². The second kappa shape index (κ2) is 6.20. The number of aromatic nitrogens is 1. The normalized spacial score (nSPS) is 22.2. The second-order valence-corrected chi connectivity index (χ2v) is 8.59. The van der Waals surface area contributed by atoms with Crippen LogP contribution in [0.3, 0.4) is 0 Å². The van der Waals surface area contributed by atoms with E-state index in [9.17, 15) is 9.59 Å². The van der Waals surface area contributed by atoms with Crippen molar-refractivity contribution in [3.8, 4) is 0 Å². The smallest absolute Gasteiger partial charge is 0.239 e. The fourth-order valence-electron chi connectivity index (χ4n) is 4.37. The van der Waals surface area contributed by atoms with Gasteiger partial charge in [0.2, 0.25) is 11.8 Å². The Morgan fingerprint density at radius 2 is 2.08 bits per heavy atom. The highest BCUT2D eigenvalue weighted by Gasteiger charge is 2.52. The van der Waals surface area contributed by atoms with Gasteiger partial charge in [-0.25, -0.2) is 4.98 Å². The van der Waals surface area contributed by atoms with Crippen molar-refractivity contribution in [1.29, 1.82) is 0 Å². The van der Waals surface area contributed by atoms with E-state index in [1.165, 1.54) is 0 Å². The van der Waals surface area contributed by atoms with Gasteiger partial charge in [0.15, 0.2) is 0 Å². The lowest BCUT2D eigenvalue weighted by Crippen LogP contribution is -2.53. The molecule has 2 amide bonds. The lowest BCUT2D eigenvalue weighted by Gasteiger charge is -2.39. The lowest BCUT2D eigenvalue weighted by molar-refractivity contribution is -0.135. The molecular weight excluding hydrogens is 346 g/mol. The number of piperidine rings is 1. The molecule has 1 aromatic heterocycles. The topological polar surface area (TPSA) is 53.5 Å². The van der Waals surface area contributed by atoms with Crippen LogP contribution in [0.5, 0.6) is 0 Å². The number of likely N-dealkylation sites (N-methyl/N-ethyl adjacent to an activating group) is 1. The molecule has 6 heteroatoms. The van der Waals surface area contributed by atoms with Gasteiger partial charge in [-0.1, -0.05) is 18.2 Å². The minimum Gasteiger partial charge on any atom is -0.341 e. The van der Waals surface area contributed by atoms with Gasteiger partial charge in [-0.05, 0) is 38.3 Å². The minimum absolute atomic E-state index is 0.0932. The van der Waals surface area contributed by atoms with E-state index in [0.29, 0.717) is 13.0 Å². The van der Waals surface area contributed by atoms with Gasteiger partial charge < -0.3 is 9.80 Å². The molecule has 0 unspecified atom stereocenters. The van der Waals surface area contributed by atoms with Crippen LogP contribution in [0.15, 0.2) is 24.3 Å². The summed E-state index contributed by atoms with van der Waals surface area (Å²) in [6.07, 6.45) is 2.02. The Hall–Kier alpha value is -2.21. The largest absolute Gasteiger partial charge is 0.341 e. The molecule has 0 radical (unpaired) electrons. The molecule has 1 fully saturated rings. The Morgan fingerprint density at radius 3 is 2.81 bits per heavy atom. The summed E-state index contributed by atoms with van der Waals surface area (Å²) < 4.78 is 0. The number of likely N-dealkylation sites (tertiary alicyclic amines) is 1. The highest BCUT2D eigenvalue weighted by Crippen LogP contribution is 2.46. The quantitative estimate of drug-likeness (QED) is 0.818. The predicted octanol–water partition coefficient (Wildman–Crippen LogP) is 2.84. The Labute approximate surface area is 157 Å². The van der Waals surface area contributed by atoms with Gasteiger partial charge in [-0.15, -0.1) is 11.3 Å². The zero-order chi connectivity index (χ0) is 18.5. The summed E-state index contributed by atoms with van der Waals surface area (Å²) in [5, 5.41) is 0.988. The van der Waals surface area contributed by atoms with Crippen molar-refractivity contribution < 1.29 is 9.59 Å². The van der Waals surface area contributed by atoms with Gasteiger partial charge in [0.1, 0.15) is 0 Å². The van der Waals surface area contributed by atoms with E-state index in [4.69, 9.17) is 0 Å². The maximum Gasteiger partial charge on any atom is 0.239 e. The van der Waals surface area contributed by atoms with E-state index in [0.717, 1.165) is 46.2 Å². The van der Waals surface area contributed by atoms with Crippen LogP contribution in [0, 0.1) is 13.8 Å². The first-order valence-electron chi connectivity index (χ1n) is 9.01. The predicted molar refractivity (Wildman–Crippen MR) is 103 cm³/mol. The summed E-state index contributed by atoms with van der Waals surface area (Å²) in [7, 11) is 1.83. The van der Waals surface area contributed by atoms with Gasteiger partial charge >= 0.3 is 0 Å². The van der Waals surface area contributed by atoms with E-state index in [-0.39, 0.29) is 11.8 Å². The number of fused-ring (bicyclic) bond motifs is 2. The Morgan fingerprint density at radius 1 is 1.31 bits per heavy atom. The van der Waals surface area contributed by atoms with Crippen molar-refractivity contribution in [2.75, 3.05) is 25.0 Å². The van der Waals surface area contributed by atoms with E-state index >= 15 is 0 Å². The van der Waals surface area contributed by atoms with Crippen LogP contribution >= 0.6 is 11.3 Å². The molecule has 2 aromatic rings. The first-order chi connectivity index (χ1) is 12.4. The average molecular weight is 369 g/mol. The third kappa shape index (κ3) is 2.55. The fraction of sp³-hybridized carbons (Fsp3) is 0.450. The van der Waals surface area contributed by atoms with Crippen molar-refractivity contribution in [3.63, 3.8) is 0 Å². The number of thiazole rings is 1. The summed E-state index contributed by atoms with van der Waals surface area (Å²) >= 11 is 1.59. The number of amides is 2. The maximum absolute atomic E-state index is 13.1. The molecule has 2 aliphatic rings. The minimum atomic E-state index is -0.585. The molecule has 0 aliphatic carbocycles. The maximum atomic E-state index is 13.1. The molecule has 0 saturated carbocycles. The first-order valence-corrected chi connectivity index (χ1v) is 9.82. The first kappa shape index (κ1) is 17.2. The molecule has 1 aromatic carbocycles. The molecule has 2 aliphatic heterocycles. The molecule has 3 heterocycles. The number of carbonyl (C=O) groups excluding carboxylic acids is 2. The van der Waals surface area contributed by atoms with E-state index in [1.54, 1.807) is 16.2 Å². The summed E-state index contributed by atoms with van der Waals surface area (Å²) in [5.74, 6) is 0.205. The molecule has 1 saturated heterocycles. The van der Waals surface area contributed by atoms with Gasteiger partial charge in [0, 0.05) is 30.7 Å². The van der Waals surface area contributed by atoms with Gasteiger partial charge in [-0.2, -0.15) is 0 Å². The van der Waals surface area contributed by atoms with Crippen LogP contribution in [0.2, 0.25) is 0 Å². The number of aryl methyl sites for hydroxylation is 2. The zero-order valence-electron chi connectivity index (χ0n) is 15.4. The Kier molecular flexibility index (Phi) is 4.10. The molecular formula is C20H23N3O2S. The van der Waals surface area contributed by atoms with Crippen molar-refractivity contribution in [2.45, 2.75) is 38.5 Å². The standard InChI is InChI=1S/C20H23N3O2S/c1-13-17(26-14(2)21-13)11-18(24)23-10-6-9-20(12-23)15-7-4-5-8-16(15)22(3)19(20)25/h4-5,7-8H,6,9-12H2,1-3H3/t20-/m0/s1. The lowest BCUT2D eigenvalue weighted by atomic mass is 9.75. The van der Waals surface area contributed by atoms with Crippen LogP contribution in [-0.4, -0.2) is 41.8 Å². The monoisotopic (exact) mass is 369 g/mol. The molecule has 4 rings (SSSR count). The number of hydrogen-bond acceptors (Lipinski definition) is 4. The van der Waals surface area contributed by atoms with E-state index in [1.807, 2.05) is 50.1 Å². The number of anilines is 1. The second-order valence-electron chi connectivity index (χ2n) is 7.30. The van der Waals surface area contributed by atoms with Gasteiger partial charge in [-0.3, -0.25) is 9.59 Å². The van der Waals surface area contributed by atoms with Gasteiger partial charge in [0.05, 0.1) is 22.5 Å². The third-order valence-electron chi connectivity index (χ3n) is 5.65. The zero-order valence-corrected chi connectivity index (χ0v) is 16.2. The van der Waals surface area contributed by atoms with Crippen molar-refractivity contribution in [3.05, 3.63) is 45.4 Å². The van der Waals surface area contributed by atoms with Crippen molar-refractivity contribution in [1.82, 2.24) is 9.88 Å². The van der Waals surface area contributed by atoms with Crippen LogP contribution in [0.4, 0.5) is 5.69 Å². The number of hydrogen-bond donors (Lipinski definition) is 0. The molecule has 5 nitrogen and oxygen atoms in total. The molecule has 0 N–H and O–H groups in total. The van der Waals surface area contributed by atoms with Gasteiger partial charge in [0.25, 0.3) is 0 Å². The summed E-state index contributed by atoms with van der Waals surface area (Å²) in [5.41, 5.74) is 2.39. The Bertz CT molecular complexity index is 891. The molecule has 1 spiro atoms. The average Bonchev–Trinajstić information content (AvgIpc) is 3.05. The SMILES string of the molecule is Cc1nc(C)c(CC(=O)N2CCC[C@@]3(C2)C(=O)N(C)c2ccccc23)s1. The van der Waals surface area contributed by atoms with Crippen LogP contribution in [-0.2, 0) is 21.4 Å². The number of nitrogens with zero attached hydrogens (tertiary/aromatic N) is 3. The van der Waals surface area contributed by atoms with Crippen molar-refractivity contribution >= 4 is 28.8 Å². The Balaban J connectivity index is 1.61. The number of benzene rings is 1. The highest BCUT2D eigenvalue weighted by molar-refractivity contribution is 7.11. The van der Waals surface area contributed by atoms with E-state index < -0.39 is 5.41 Å². The molecule has 26 heavy (non-hydrogen) atoms. The van der Waals surface area contributed by atoms with Crippen LogP contribution < -0.4 is 4.90 Å². The molecule has 0 bridgehead atoms. The third-order valence-corrected chi connectivity index (χ3v) is 6.72. The summed E-state index contributed by atoms with van der Waals surface area (Å²) in [6.45, 7) is 5.11. The van der Waals surface area contributed by atoms with E-state index in [2.05, 4.69) is 4.98 Å². The molecule has 136 valence electrons. The molecule has 1 atom stereocenters. The summed E-state index contributed by atoms with van der Waals surface area (Å²) in [4.78, 5) is 35.1. The number of carbonyl (C=O) groups is 2. The highest BCUT2D eigenvalue weighted by atomic mass is 32.1. The van der Waals surface area contributed by atoms with Crippen molar-refractivity contribution in [2.24, 2.45) is 0 Å².